The van der Waals surface area contributed by atoms with Crippen molar-refractivity contribution < 1.29 is 19.2 Å². The molecule has 2 aliphatic heterocycles. The molecule has 1 fully saturated rings. The monoisotopic (exact) mass is 433 g/mol. The molecule has 0 aliphatic carbocycles. The molecule has 1 atom stereocenters. The summed E-state index contributed by atoms with van der Waals surface area (Å²) in [6.07, 6.45) is 1.67. The number of benzene rings is 2. The number of rotatable bonds is 5. The number of piperidine rings is 1. The summed E-state index contributed by atoms with van der Waals surface area (Å²) in [5, 5.41) is 3.02. The predicted molar refractivity (Wildman–Crippen MR) is 119 cm³/mol. The largest absolute Gasteiger partial charge is 0.351 e. The lowest BCUT2D eigenvalue weighted by atomic mass is 10.0. The van der Waals surface area contributed by atoms with Crippen molar-refractivity contribution in [2.24, 2.45) is 5.92 Å². The molecular formula is C25H27N3O4. The van der Waals surface area contributed by atoms with E-state index in [0.29, 0.717) is 35.3 Å². The van der Waals surface area contributed by atoms with Gasteiger partial charge in [-0.05, 0) is 42.7 Å². The highest BCUT2D eigenvalue weighted by atomic mass is 16.2. The third-order valence-electron chi connectivity index (χ3n) is 5.97. The van der Waals surface area contributed by atoms with E-state index in [2.05, 4.69) is 5.32 Å². The topological polar surface area (TPSA) is 86.8 Å². The van der Waals surface area contributed by atoms with Gasteiger partial charge in [-0.3, -0.25) is 24.1 Å². The smallest absolute Gasteiger partial charge is 0.261 e. The Morgan fingerprint density at radius 3 is 2.38 bits per heavy atom. The molecule has 0 radical (unpaired) electrons. The molecule has 1 unspecified atom stereocenters. The van der Waals surface area contributed by atoms with Crippen LogP contribution in [0.1, 0.15) is 63.3 Å². The molecule has 166 valence electrons. The maximum absolute atomic E-state index is 13.1. The molecule has 1 N–H and O–H groups in total. The first kappa shape index (κ1) is 21.7. The van der Waals surface area contributed by atoms with Crippen molar-refractivity contribution >= 4 is 23.6 Å². The second-order valence-corrected chi connectivity index (χ2v) is 8.70. The van der Waals surface area contributed by atoms with E-state index in [1.807, 2.05) is 19.9 Å². The summed E-state index contributed by atoms with van der Waals surface area (Å²) in [5.41, 5.74) is 2.04. The summed E-state index contributed by atoms with van der Waals surface area (Å²) in [7, 11) is 0. The molecule has 0 bridgehead atoms. The van der Waals surface area contributed by atoms with E-state index in [9.17, 15) is 19.2 Å². The zero-order chi connectivity index (χ0) is 22.8. The van der Waals surface area contributed by atoms with Gasteiger partial charge in [0.2, 0.25) is 5.91 Å². The van der Waals surface area contributed by atoms with Crippen LogP contribution in [0, 0.1) is 5.92 Å². The van der Waals surface area contributed by atoms with E-state index in [4.69, 9.17) is 0 Å². The van der Waals surface area contributed by atoms with Crippen LogP contribution in [0.4, 0.5) is 0 Å². The lowest BCUT2D eigenvalue weighted by Gasteiger charge is -2.33. The molecule has 0 aromatic heterocycles. The van der Waals surface area contributed by atoms with E-state index < -0.39 is 0 Å². The quantitative estimate of drug-likeness (QED) is 0.735. The first-order valence-corrected chi connectivity index (χ1v) is 11.0. The van der Waals surface area contributed by atoms with E-state index >= 15 is 0 Å². The molecule has 0 saturated carbocycles. The van der Waals surface area contributed by atoms with Crippen LogP contribution < -0.4 is 5.32 Å². The van der Waals surface area contributed by atoms with E-state index in [1.165, 1.54) is 4.90 Å². The highest BCUT2D eigenvalue weighted by Gasteiger charge is 2.35. The van der Waals surface area contributed by atoms with E-state index in [-0.39, 0.29) is 42.1 Å². The van der Waals surface area contributed by atoms with Gasteiger partial charge in [-0.2, -0.15) is 0 Å². The summed E-state index contributed by atoms with van der Waals surface area (Å²) in [5.74, 6) is -0.853. The van der Waals surface area contributed by atoms with Crippen LogP contribution in [0.5, 0.6) is 0 Å². The fourth-order valence-electron chi connectivity index (χ4n) is 4.20. The number of fused-ring (bicyclic) bond motifs is 1. The highest BCUT2D eigenvalue weighted by Crippen LogP contribution is 2.25. The third-order valence-corrected chi connectivity index (χ3v) is 5.97. The molecule has 0 spiro atoms. The van der Waals surface area contributed by atoms with Crippen LogP contribution in [0.25, 0.3) is 0 Å². The van der Waals surface area contributed by atoms with Crippen LogP contribution in [0.2, 0.25) is 0 Å². The molecule has 7 heteroatoms. The number of amides is 4. The molecule has 7 nitrogen and oxygen atoms in total. The molecule has 1 saturated heterocycles. The summed E-state index contributed by atoms with van der Waals surface area (Å²) in [4.78, 5) is 53.4. The van der Waals surface area contributed by atoms with E-state index in [0.717, 1.165) is 12.8 Å². The Kier molecular flexibility index (Phi) is 6.08. The summed E-state index contributed by atoms with van der Waals surface area (Å²) in [6, 6.07) is 13.8. The molecule has 2 aromatic carbocycles. The van der Waals surface area contributed by atoms with Gasteiger partial charge in [0.25, 0.3) is 17.7 Å². The number of hydrogen-bond donors (Lipinski definition) is 1. The Balaban J connectivity index is 1.45. The third kappa shape index (κ3) is 4.28. The second kappa shape index (κ2) is 8.94. The zero-order valence-electron chi connectivity index (χ0n) is 18.3. The summed E-state index contributed by atoms with van der Waals surface area (Å²) < 4.78 is 0. The minimum Gasteiger partial charge on any atom is -0.351 e. The first-order valence-electron chi connectivity index (χ1n) is 11.0. The Morgan fingerprint density at radius 1 is 1.03 bits per heavy atom. The molecule has 2 aromatic rings. The summed E-state index contributed by atoms with van der Waals surface area (Å²) in [6.45, 7) is 4.91. The molecule has 4 rings (SSSR count). The standard InChI is InChI=1S/C25H27N3O4/c1-16(2)22(29)26-19-9-6-12-27(15-19)23(30)18-8-5-7-17(13-18)14-28-24(31)20-10-3-4-11-21(20)25(28)32/h3-5,7-8,10-11,13,16,19H,6,9,12,14-15H2,1-2H3,(H,26,29). The molecule has 4 amide bonds. The van der Waals surface area contributed by atoms with Gasteiger partial charge >= 0.3 is 0 Å². The molecule has 2 aliphatic rings. The van der Waals surface area contributed by atoms with Crippen molar-refractivity contribution in [3.63, 3.8) is 0 Å². The number of carbonyl (C=O) groups is 4. The lowest BCUT2D eigenvalue weighted by Crippen LogP contribution is -2.50. The molecular weight excluding hydrogens is 406 g/mol. The highest BCUT2D eigenvalue weighted by molar-refractivity contribution is 6.21. The Morgan fingerprint density at radius 2 is 1.72 bits per heavy atom. The van der Waals surface area contributed by atoms with Crippen molar-refractivity contribution in [1.29, 1.82) is 0 Å². The van der Waals surface area contributed by atoms with Crippen molar-refractivity contribution in [3.05, 3.63) is 70.8 Å². The van der Waals surface area contributed by atoms with Gasteiger partial charge in [-0.1, -0.05) is 38.1 Å². The van der Waals surface area contributed by atoms with Crippen LogP contribution in [-0.4, -0.2) is 52.6 Å². The minimum atomic E-state index is -0.318. The Bertz CT molecular complexity index is 1040. The van der Waals surface area contributed by atoms with Gasteiger partial charge in [0.15, 0.2) is 0 Å². The van der Waals surface area contributed by atoms with Crippen molar-refractivity contribution in [3.8, 4) is 0 Å². The average Bonchev–Trinajstić information content (AvgIpc) is 3.04. The predicted octanol–water partition coefficient (Wildman–Crippen LogP) is 2.86. The minimum absolute atomic E-state index is 0.00719. The van der Waals surface area contributed by atoms with Crippen molar-refractivity contribution in [2.75, 3.05) is 13.1 Å². The van der Waals surface area contributed by atoms with Gasteiger partial charge in [0, 0.05) is 30.6 Å². The Hall–Kier alpha value is -3.48. The zero-order valence-corrected chi connectivity index (χ0v) is 18.3. The van der Waals surface area contributed by atoms with Crippen molar-refractivity contribution in [2.45, 2.75) is 39.3 Å². The normalized spacial score (nSPS) is 18.2. The lowest BCUT2D eigenvalue weighted by molar-refractivity contribution is -0.125. The van der Waals surface area contributed by atoms with Crippen LogP contribution in [0.15, 0.2) is 48.5 Å². The van der Waals surface area contributed by atoms with E-state index in [1.54, 1.807) is 47.4 Å². The van der Waals surface area contributed by atoms with Crippen LogP contribution >= 0.6 is 0 Å². The maximum Gasteiger partial charge on any atom is 0.261 e. The number of nitrogens with zero attached hydrogens (tertiary/aromatic N) is 2. The van der Waals surface area contributed by atoms with Gasteiger partial charge in [-0.25, -0.2) is 0 Å². The maximum atomic E-state index is 13.1. The second-order valence-electron chi connectivity index (χ2n) is 8.70. The number of imide groups is 1. The SMILES string of the molecule is CC(C)C(=O)NC1CCCN(C(=O)c2cccc(CN3C(=O)c4ccccc4C3=O)c2)C1. The average molecular weight is 434 g/mol. The van der Waals surface area contributed by atoms with Crippen LogP contribution in [0.3, 0.4) is 0 Å². The molecule has 2 heterocycles. The Labute approximate surface area is 187 Å². The summed E-state index contributed by atoms with van der Waals surface area (Å²) >= 11 is 0. The van der Waals surface area contributed by atoms with Crippen molar-refractivity contribution in [1.82, 2.24) is 15.1 Å². The van der Waals surface area contributed by atoms with Gasteiger partial charge in [0.1, 0.15) is 0 Å². The number of likely N-dealkylation sites (tertiary alicyclic amines) is 1. The van der Waals surface area contributed by atoms with Crippen LogP contribution in [-0.2, 0) is 11.3 Å². The fraction of sp³-hybridized carbons (Fsp3) is 0.360. The first-order chi connectivity index (χ1) is 15.3. The number of hydrogen-bond acceptors (Lipinski definition) is 4. The van der Waals surface area contributed by atoms with Gasteiger partial charge < -0.3 is 10.2 Å². The number of nitrogens with one attached hydrogen (secondary N) is 1. The molecule has 32 heavy (non-hydrogen) atoms. The van der Waals surface area contributed by atoms with Gasteiger partial charge in [-0.15, -0.1) is 0 Å². The van der Waals surface area contributed by atoms with Gasteiger partial charge in [0.05, 0.1) is 17.7 Å². The fourth-order valence-corrected chi connectivity index (χ4v) is 4.20. The number of carbonyl (C=O) groups excluding carboxylic acids is 4.